The molecule has 1 atom stereocenters. The number of halogens is 2. The van der Waals surface area contributed by atoms with Crippen LogP contribution >= 0.6 is 11.8 Å². The minimum Gasteiger partial charge on any atom is -0.481 e. The third-order valence-corrected chi connectivity index (χ3v) is 4.68. The van der Waals surface area contributed by atoms with Gasteiger partial charge in [0.15, 0.2) is 0 Å². The van der Waals surface area contributed by atoms with E-state index in [1.54, 1.807) is 25.1 Å². The maximum Gasteiger partial charge on any atom is 0.313 e. The van der Waals surface area contributed by atoms with Crippen molar-refractivity contribution < 1.29 is 23.5 Å². The summed E-state index contributed by atoms with van der Waals surface area (Å²) in [7, 11) is 0. The molecule has 0 fully saturated rings. The molecule has 2 aromatic carbocycles. The van der Waals surface area contributed by atoms with Gasteiger partial charge in [-0.05, 0) is 35.2 Å². The van der Waals surface area contributed by atoms with E-state index >= 15 is 0 Å². The molecule has 26 heavy (non-hydrogen) atoms. The fraction of sp³-hybridized carbons (Fsp3) is 0.263. The summed E-state index contributed by atoms with van der Waals surface area (Å²) in [5.41, 5.74) is 1.78. The van der Waals surface area contributed by atoms with Gasteiger partial charge in [0.2, 0.25) is 5.91 Å². The summed E-state index contributed by atoms with van der Waals surface area (Å²) >= 11 is 1.27. The van der Waals surface area contributed by atoms with E-state index in [1.807, 2.05) is 6.07 Å². The zero-order chi connectivity index (χ0) is 19.1. The zero-order valence-electron chi connectivity index (χ0n) is 14.2. The Kier molecular flexibility index (Phi) is 7.15. The molecule has 0 saturated carbocycles. The van der Waals surface area contributed by atoms with E-state index in [9.17, 15) is 18.4 Å². The van der Waals surface area contributed by atoms with E-state index in [-0.39, 0.29) is 18.1 Å². The Balaban J connectivity index is 1.93. The van der Waals surface area contributed by atoms with Gasteiger partial charge >= 0.3 is 5.97 Å². The van der Waals surface area contributed by atoms with Gasteiger partial charge in [-0.1, -0.05) is 25.1 Å². The highest BCUT2D eigenvalue weighted by atomic mass is 32.2. The summed E-state index contributed by atoms with van der Waals surface area (Å²) < 4.78 is 26.8. The molecular formula is C19H19F2NO3S. The van der Waals surface area contributed by atoms with Crippen LogP contribution in [0, 0.1) is 11.6 Å². The van der Waals surface area contributed by atoms with Gasteiger partial charge in [0.25, 0.3) is 0 Å². The minimum atomic E-state index is -0.874. The second-order valence-corrected chi connectivity index (χ2v) is 6.89. The summed E-state index contributed by atoms with van der Waals surface area (Å²) in [4.78, 5) is 22.7. The lowest BCUT2D eigenvalue weighted by molar-refractivity contribution is -0.133. The van der Waals surface area contributed by atoms with Crippen LogP contribution in [0.3, 0.4) is 0 Å². The lowest BCUT2D eigenvalue weighted by Gasteiger charge is -2.13. The van der Waals surface area contributed by atoms with Gasteiger partial charge in [0.05, 0.1) is 5.75 Å². The fourth-order valence-corrected chi connectivity index (χ4v) is 3.19. The summed E-state index contributed by atoms with van der Waals surface area (Å²) in [6, 6.07) is 10.5. The molecule has 2 aromatic rings. The first kappa shape index (κ1) is 19.9. The van der Waals surface area contributed by atoms with Crippen molar-refractivity contribution in [2.45, 2.75) is 25.0 Å². The van der Waals surface area contributed by atoms with Gasteiger partial charge in [0, 0.05) is 23.9 Å². The third-order valence-electron chi connectivity index (χ3n) is 3.69. The summed E-state index contributed by atoms with van der Waals surface area (Å²) in [5, 5.41) is 11.4. The maximum atomic E-state index is 13.8. The molecule has 0 radical (unpaired) electrons. The molecule has 2 N–H and O–H groups in total. The van der Waals surface area contributed by atoms with Crippen LogP contribution in [-0.4, -0.2) is 22.7 Å². The standard InChI is InChI=1S/C19H19F2NO3S/c1-12(16-6-5-14(20)9-17(16)21)7-18(23)22-15-4-2-3-13(8-15)10-26-11-19(24)25/h2-6,8-9,12H,7,10-11H2,1H3,(H,22,23)(H,24,25). The number of carbonyl (C=O) groups excluding carboxylic acids is 1. The molecule has 0 bridgehead atoms. The van der Waals surface area contributed by atoms with Gasteiger partial charge < -0.3 is 10.4 Å². The molecule has 0 aliphatic heterocycles. The lowest BCUT2D eigenvalue weighted by atomic mass is 9.97. The molecule has 7 heteroatoms. The minimum absolute atomic E-state index is 0.0112. The number of carbonyl (C=O) groups is 2. The van der Waals surface area contributed by atoms with Crippen molar-refractivity contribution in [2.75, 3.05) is 11.1 Å². The van der Waals surface area contributed by atoms with E-state index in [2.05, 4.69) is 5.32 Å². The van der Waals surface area contributed by atoms with E-state index in [4.69, 9.17) is 5.11 Å². The Morgan fingerprint density at radius 2 is 1.96 bits per heavy atom. The largest absolute Gasteiger partial charge is 0.481 e. The van der Waals surface area contributed by atoms with Crippen molar-refractivity contribution in [1.29, 1.82) is 0 Å². The fourth-order valence-electron chi connectivity index (χ4n) is 2.50. The quantitative estimate of drug-likeness (QED) is 0.713. The van der Waals surface area contributed by atoms with Gasteiger partial charge in [0.1, 0.15) is 11.6 Å². The van der Waals surface area contributed by atoms with Crippen LogP contribution < -0.4 is 5.32 Å². The van der Waals surface area contributed by atoms with Crippen LogP contribution in [0.25, 0.3) is 0 Å². The molecule has 0 aliphatic carbocycles. The van der Waals surface area contributed by atoms with Crippen molar-refractivity contribution in [1.82, 2.24) is 0 Å². The van der Waals surface area contributed by atoms with Crippen LogP contribution in [0.2, 0.25) is 0 Å². The number of hydrogen-bond acceptors (Lipinski definition) is 3. The SMILES string of the molecule is CC(CC(=O)Nc1cccc(CSCC(=O)O)c1)c1ccc(F)cc1F. The maximum absolute atomic E-state index is 13.8. The molecule has 0 aliphatic rings. The van der Waals surface area contributed by atoms with Crippen molar-refractivity contribution in [2.24, 2.45) is 0 Å². The number of benzene rings is 2. The predicted molar refractivity (Wildman–Crippen MR) is 98.3 cm³/mol. The van der Waals surface area contributed by atoms with E-state index in [1.165, 1.54) is 23.9 Å². The number of carboxylic acid groups (broad SMARTS) is 1. The number of nitrogens with one attached hydrogen (secondary N) is 1. The van der Waals surface area contributed by atoms with Gasteiger partial charge in [-0.25, -0.2) is 8.78 Å². The molecule has 2 rings (SSSR count). The second kappa shape index (κ2) is 9.33. The van der Waals surface area contributed by atoms with Crippen LogP contribution in [0.5, 0.6) is 0 Å². The number of rotatable bonds is 8. The normalized spacial score (nSPS) is 11.8. The lowest BCUT2D eigenvalue weighted by Crippen LogP contribution is -2.15. The average Bonchev–Trinajstić information content (AvgIpc) is 2.54. The first-order valence-corrected chi connectivity index (χ1v) is 9.14. The number of thioether (sulfide) groups is 1. The Morgan fingerprint density at radius 1 is 1.19 bits per heavy atom. The molecule has 4 nitrogen and oxygen atoms in total. The Bertz CT molecular complexity index is 798. The topological polar surface area (TPSA) is 66.4 Å². The monoisotopic (exact) mass is 379 g/mol. The molecule has 0 spiro atoms. The zero-order valence-corrected chi connectivity index (χ0v) is 15.0. The summed E-state index contributed by atoms with van der Waals surface area (Å²) in [6.07, 6.45) is 0.0561. The van der Waals surface area contributed by atoms with Crippen LogP contribution in [0.4, 0.5) is 14.5 Å². The second-order valence-electron chi connectivity index (χ2n) is 5.91. The van der Waals surface area contributed by atoms with Crippen molar-refractivity contribution in [3.63, 3.8) is 0 Å². The molecule has 0 aromatic heterocycles. The van der Waals surface area contributed by atoms with Gasteiger partial charge in [-0.3, -0.25) is 9.59 Å². The van der Waals surface area contributed by atoms with Crippen LogP contribution in [0.15, 0.2) is 42.5 Å². The number of aliphatic carboxylic acids is 1. The molecule has 1 amide bonds. The Morgan fingerprint density at radius 3 is 2.65 bits per heavy atom. The number of anilines is 1. The van der Waals surface area contributed by atoms with Gasteiger partial charge in [-0.15, -0.1) is 11.8 Å². The predicted octanol–water partition coefficient (Wildman–Crippen LogP) is 4.41. The van der Waals surface area contributed by atoms with Crippen LogP contribution in [0.1, 0.15) is 30.4 Å². The van der Waals surface area contributed by atoms with E-state index < -0.39 is 23.5 Å². The molecular weight excluding hydrogens is 360 g/mol. The molecule has 0 heterocycles. The third kappa shape index (κ3) is 6.15. The number of carboxylic acids is 1. The molecule has 1 unspecified atom stereocenters. The summed E-state index contributed by atoms with van der Waals surface area (Å²) in [5.74, 6) is -2.34. The molecule has 138 valence electrons. The number of amides is 1. The van der Waals surface area contributed by atoms with Crippen molar-refractivity contribution >= 4 is 29.3 Å². The summed E-state index contributed by atoms with van der Waals surface area (Å²) in [6.45, 7) is 1.70. The van der Waals surface area contributed by atoms with E-state index in [0.29, 0.717) is 17.0 Å². The highest BCUT2D eigenvalue weighted by Crippen LogP contribution is 2.24. The highest BCUT2D eigenvalue weighted by molar-refractivity contribution is 7.99. The van der Waals surface area contributed by atoms with Crippen LogP contribution in [-0.2, 0) is 15.3 Å². The average molecular weight is 379 g/mol. The highest BCUT2D eigenvalue weighted by Gasteiger charge is 2.16. The van der Waals surface area contributed by atoms with Crippen molar-refractivity contribution in [3.05, 3.63) is 65.2 Å². The number of hydrogen-bond donors (Lipinski definition) is 2. The molecule has 0 saturated heterocycles. The Hall–Kier alpha value is -2.41. The first-order chi connectivity index (χ1) is 12.3. The Labute approximate surface area is 154 Å². The van der Waals surface area contributed by atoms with E-state index in [0.717, 1.165) is 11.6 Å². The van der Waals surface area contributed by atoms with Gasteiger partial charge in [-0.2, -0.15) is 0 Å². The van der Waals surface area contributed by atoms with Crippen molar-refractivity contribution in [3.8, 4) is 0 Å². The smallest absolute Gasteiger partial charge is 0.313 e. The first-order valence-electron chi connectivity index (χ1n) is 7.98.